The van der Waals surface area contributed by atoms with Crippen LogP contribution in [0.1, 0.15) is 30.4 Å². The van der Waals surface area contributed by atoms with E-state index < -0.39 is 27.7 Å². The van der Waals surface area contributed by atoms with Gasteiger partial charge in [-0.3, -0.25) is 0 Å². The fourth-order valence-electron chi connectivity index (χ4n) is 6.01. The largest absolute Gasteiger partial charge is 0.493 e. The zero-order chi connectivity index (χ0) is 17.6. The molecule has 5 nitrogen and oxygen atoms in total. The average Bonchev–Trinajstić information content (AvgIpc) is 2.89. The number of alkyl halides is 1. The summed E-state index contributed by atoms with van der Waals surface area (Å²) < 4.78 is 52.8. The predicted octanol–water partition coefficient (Wildman–Crippen LogP) is 2.03. The van der Waals surface area contributed by atoms with E-state index in [9.17, 15) is 12.8 Å². The van der Waals surface area contributed by atoms with Crippen molar-refractivity contribution in [1.29, 1.82) is 0 Å². The van der Waals surface area contributed by atoms with Crippen molar-refractivity contribution >= 4 is 10.0 Å². The summed E-state index contributed by atoms with van der Waals surface area (Å²) in [5.74, 6) is 1.44. The maximum absolute atomic E-state index is 14.9. The van der Waals surface area contributed by atoms with Gasteiger partial charge < -0.3 is 9.47 Å². The molecule has 4 aliphatic rings. The predicted molar refractivity (Wildman–Crippen MR) is 90.4 cm³/mol. The van der Waals surface area contributed by atoms with Crippen molar-refractivity contribution in [1.82, 2.24) is 4.31 Å². The Labute approximate surface area is 147 Å². The van der Waals surface area contributed by atoms with E-state index in [2.05, 4.69) is 0 Å². The lowest BCUT2D eigenvalue weighted by molar-refractivity contribution is -0.0636. The molecule has 0 amide bonds. The van der Waals surface area contributed by atoms with E-state index >= 15 is 0 Å². The number of hydrogen-bond acceptors (Lipinski definition) is 4. The maximum atomic E-state index is 14.9. The highest BCUT2D eigenvalue weighted by molar-refractivity contribution is 7.88. The fourth-order valence-corrected chi connectivity index (χ4v) is 7.14. The molecule has 5 rings (SSSR count). The molecule has 0 aromatic heterocycles. The van der Waals surface area contributed by atoms with E-state index in [-0.39, 0.29) is 12.0 Å². The summed E-state index contributed by atoms with van der Waals surface area (Å²) >= 11 is 0. The van der Waals surface area contributed by atoms with Crippen molar-refractivity contribution in [3.8, 4) is 11.5 Å². The Morgan fingerprint density at radius 2 is 2.16 bits per heavy atom. The maximum Gasteiger partial charge on any atom is 0.211 e. The second-order valence-corrected chi connectivity index (χ2v) is 9.74. The highest BCUT2D eigenvalue weighted by atomic mass is 32.2. The lowest BCUT2D eigenvalue weighted by Crippen LogP contribution is -2.67. The summed E-state index contributed by atoms with van der Waals surface area (Å²) in [6.45, 7) is 0.433. The van der Waals surface area contributed by atoms with Gasteiger partial charge in [-0.2, -0.15) is 4.31 Å². The monoisotopic (exact) mass is 367 g/mol. The van der Waals surface area contributed by atoms with Crippen LogP contribution >= 0.6 is 0 Å². The Hall–Kier alpha value is -1.34. The second-order valence-electron chi connectivity index (χ2n) is 7.80. The third-order valence-corrected chi connectivity index (χ3v) is 8.13. The quantitative estimate of drug-likeness (QED) is 0.803. The topological polar surface area (TPSA) is 55.8 Å². The van der Waals surface area contributed by atoms with Gasteiger partial charge >= 0.3 is 0 Å². The number of methoxy groups -OCH3 is 1. The van der Waals surface area contributed by atoms with Gasteiger partial charge in [0.1, 0.15) is 12.3 Å². The normalized spacial score (nSPS) is 38.8. The first-order valence-corrected chi connectivity index (χ1v) is 10.7. The molecular weight excluding hydrogens is 345 g/mol. The zero-order valence-electron chi connectivity index (χ0n) is 14.4. The lowest BCUT2D eigenvalue weighted by Gasteiger charge is -2.57. The number of ether oxygens (including phenoxy) is 2. The molecule has 2 aliphatic heterocycles. The standard InChI is InChI=1S/C18H22FNO4S/c1-23-14-6-3-10-9-13-11-4-5-12(19)17-18(11,15(10)16(14)24-17)7-8-20(13)25(2,21)22/h3,6,11-13,17H,4-5,7-9H2,1-2H3/t11?,12?,13-,17+,18+/m0/s1. The third kappa shape index (κ3) is 1.83. The van der Waals surface area contributed by atoms with Gasteiger partial charge in [0.05, 0.1) is 13.4 Å². The molecule has 7 heteroatoms. The van der Waals surface area contributed by atoms with E-state index in [0.29, 0.717) is 43.7 Å². The van der Waals surface area contributed by atoms with Gasteiger partial charge in [-0.15, -0.1) is 0 Å². The van der Waals surface area contributed by atoms with Crippen LogP contribution in [0, 0.1) is 5.92 Å². The fraction of sp³-hybridized carbons (Fsp3) is 0.667. The molecule has 1 saturated carbocycles. The number of hydrogen-bond donors (Lipinski definition) is 0. The molecule has 2 heterocycles. The van der Waals surface area contributed by atoms with Gasteiger partial charge in [0.2, 0.25) is 10.0 Å². The Bertz CT molecular complexity index is 857. The van der Waals surface area contributed by atoms with Gasteiger partial charge in [0.15, 0.2) is 11.5 Å². The number of rotatable bonds is 2. The van der Waals surface area contributed by atoms with Crippen LogP contribution in [0.15, 0.2) is 12.1 Å². The first-order valence-electron chi connectivity index (χ1n) is 8.86. The van der Waals surface area contributed by atoms with Crippen LogP contribution in [0.25, 0.3) is 0 Å². The molecule has 2 fully saturated rings. The summed E-state index contributed by atoms with van der Waals surface area (Å²) in [6.07, 6.45) is 2.14. The van der Waals surface area contributed by atoms with Crippen molar-refractivity contribution < 1.29 is 22.3 Å². The van der Waals surface area contributed by atoms with Crippen LogP contribution in [0.5, 0.6) is 11.5 Å². The minimum atomic E-state index is -3.29. The van der Waals surface area contributed by atoms with E-state index in [4.69, 9.17) is 9.47 Å². The van der Waals surface area contributed by atoms with Gasteiger partial charge in [0, 0.05) is 23.6 Å². The van der Waals surface area contributed by atoms with Crippen LogP contribution in [0.2, 0.25) is 0 Å². The van der Waals surface area contributed by atoms with Crippen LogP contribution in [-0.4, -0.2) is 51.0 Å². The minimum Gasteiger partial charge on any atom is -0.493 e. The SMILES string of the molecule is COc1ccc2c3c1O[C@@H]1C(F)CCC4[C@H](C2)N(S(C)(=O)=O)CC[C@]341. The van der Waals surface area contributed by atoms with Gasteiger partial charge in [-0.25, -0.2) is 12.8 Å². The van der Waals surface area contributed by atoms with Crippen molar-refractivity contribution in [2.24, 2.45) is 5.92 Å². The number of halogens is 1. The van der Waals surface area contributed by atoms with E-state index in [0.717, 1.165) is 11.1 Å². The van der Waals surface area contributed by atoms with Gasteiger partial charge in [-0.05, 0) is 43.2 Å². The van der Waals surface area contributed by atoms with Crippen molar-refractivity contribution in [2.75, 3.05) is 19.9 Å². The Kier molecular flexibility index (Phi) is 3.10. The zero-order valence-corrected chi connectivity index (χ0v) is 15.2. The van der Waals surface area contributed by atoms with Crippen molar-refractivity contribution in [3.63, 3.8) is 0 Å². The summed E-state index contributed by atoms with van der Waals surface area (Å²) in [5.41, 5.74) is 1.76. The molecule has 5 atom stereocenters. The molecule has 0 radical (unpaired) electrons. The molecule has 136 valence electrons. The highest BCUT2D eigenvalue weighted by Crippen LogP contribution is 2.64. The Morgan fingerprint density at radius 1 is 1.36 bits per heavy atom. The molecule has 0 N–H and O–H groups in total. The highest BCUT2D eigenvalue weighted by Gasteiger charge is 2.66. The number of piperidine rings is 1. The lowest BCUT2D eigenvalue weighted by atomic mass is 9.52. The van der Waals surface area contributed by atoms with Crippen LogP contribution in [0.4, 0.5) is 4.39 Å². The Balaban J connectivity index is 1.76. The van der Waals surface area contributed by atoms with Crippen molar-refractivity contribution in [2.45, 2.75) is 49.4 Å². The van der Waals surface area contributed by atoms with Crippen LogP contribution in [0.3, 0.4) is 0 Å². The first-order chi connectivity index (χ1) is 11.9. The summed E-state index contributed by atoms with van der Waals surface area (Å²) in [5, 5.41) is 0. The van der Waals surface area contributed by atoms with E-state index in [1.807, 2.05) is 12.1 Å². The molecule has 1 aromatic rings. The molecule has 2 unspecified atom stereocenters. The summed E-state index contributed by atoms with van der Waals surface area (Å²) in [6, 6.07) is 3.76. The number of sulfonamides is 1. The molecule has 25 heavy (non-hydrogen) atoms. The molecule has 1 aromatic carbocycles. The number of nitrogens with zero attached hydrogens (tertiary/aromatic N) is 1. The molecule has 1 spiro atoms. The smallest absolute Gasteiger partial charge is 0.211 e. The van der Waals surface area contributed by atoms with E-state index in [1.165, 1.54) is 6.26 Å². The first kappa shape index (κ1) is 15.9. The molecule has 2 aliphatic carbocycles. The van der Waals surface area contributed by atoms with Crippen LogP contribution in [-0.2, 0) is 21.9 Å². The number of benzene rings is 1. The molecular formula is C18H22FNO4S. The summed E-state index contributed by atoms with van der Waals surface area (Å²) in [7, 11) is -1.69. The van der Waals surface area contributed by atoms with Crippen molar-refractivity contribution in [3.05, 3.63) is 23.3 Å². The third-order valence-electron chi connectivity index (χ3n) is 6.82. The van der Waals surface area contributed by atoms with Gasteiger partial charge in [-0.1, -0.05) is 6.07 Å². The molecule has 2 bridgehead atoms. The Morgan fingerprint density at radius 3 is 2.88 bits per heavy atom. The summed E-state index contributed by atoms with van der Waals surface area (Å²) in [4.78, 5) is 0. The van der Waals surface area contributed by atoms with E-state index in [1.54, 1.807) is 11.4 Å². The van der Waals surface area contributed by atoms with Crippen LogP contribution < -0.4 is 9.47 Å². The van der Waals surface area contributed by atoms with Gasteiger partial charge in [0.25, 0.3) is 0 Å². The second kappa shape index (κ2) is 4.88. The molecule has 1 saturated heterocycles. The minimum absolute atomic E-state index is 0.103. The average molecular weight is 367 g/mol.